The maximum absolute atomic E-state index is 12.6. The van der Waals surface area contributed by atoms with Gasteiger partial charge in [-0.2, -0.15) is 5.26 Å². The molecule has 0 spiro atoms. The maximum Gasteiger partial charge on any atom is 0.232 e. The predicted octanol–water partition coefficient (Wildman–Crippen LogP) is 2.46. The monoisotopic (exact) mass is 426 g/mol. The highest BCUT2D eigenvalue weighted by Crippen LogP contribution is 2.31. The fourth-order valence-corrected chi connectivity index (χ4v) is 4.77. The molecule has 2 heterocycles. The number of carbonyl (C=O) groups excluding carboxylic acids is 1. The van der Waals surface area contributed by atoms with Gasteiger partial charge in [0.05, 0.1) is 30.7 Å². The van der Waals surface area contributed by atoms with E-state index < -0.39 is 5.54 Å². The number of nitrogens with one attached hydrogen (secondary N) is 1. The molecule has 2 fully saturated rings. The Balaban J connectivity index is 1.55. The van der Waals surface area contributed by atoms with Gasteiger partial charge in [0.25, 0.3) is 0 Å². The van der Waals surface area contributed by atoms with E-state index in [2.05, 4.69) is 39.5 Å². The SMILES string of the molecule is Cc1ccccc1-n1c(SCC(=O)NC2(C#N)CCCC2)nnc1N1CCOCC1. The first-order valence-electron chi connectivity index (χ1n) is 10.3. The molecular formula is C21H26N6O2S. The third-order valence-electron chi connectivity index (χ3n) is 5.65. The summed E-state index contributed by atoms with van der Waals surface area (Å²) in [5, 5.41) is 22.0. The lowest BCUT2D eigenvalue weighted by molar-refractivity contribution is -0.119. The first-order valence-corrected chi connectivity index (χ1v) is 11.3. The topological polar surface area (TPSA) is 96.1 Å². The number of morpholine rings is 1. The molecule has 0 unspecified atom stereocenters. The summed E-state index contributed by atoms with van der Waals surface area (Å²) in [6.07, 6.45) is 3.40. The fraction of sp³-hybridized carbons (Fsp3) is 0.524. The Morgan fingerprint density at radius 3 is 2.70 bits per heavy atom. The van der Waals surface area contributed by atoms with Gasteiger partial charge in [-0.25, -0.2) is 0 Å². The second-order valence-corrected chi connectivity index (χ2v) is 8.68. The van der Waals surface area contributed by atoms with Gasteiger partial charge in [-0.3, -0.25) is 9.36 Å². The Hall–Kier alpha value is -2.57. The molecule has 1 aromatic carbocycles. The van der Waals surface area contributed by atoms with Crippen molar-refractivity contribution in [2.45, 2.75) is 43.3 Å². The van der Waals surface area contributed by atoms with Gasteiger partial charge in [0, 0.05) is 13.1 Å². The predicted molar refractivity (Wildman–Crippen MR) is 115 cm³/mol. The summed E-state index contributed by atoms with van der Waals surface area (Å²) >= 11 is 1.35. The second-order valence-electron chi connectivity index (χ2n) is 7.74. The number of hydrogen-bond donors (Lipinski definition) is 1. The molecular weight excluding hydrogens is 400 g/mol. The van der Waals surface area contributed by atoms with Crippen molar-refractivity contribution in [1.82, 2.24) is 20.1 Å². The molecule has 1 saturated heterocycles. The van der Waals surface area contributed by atoms with Crippen molar-refractivity contribution in [3.63, 3.8) is 0 Å². The number of nitriles is 1. The van der Waals surface area contributed by atoms with Crippen LogP contribution in [0, 0.1) is 18.3 Å². The Bertz CT molecular complexity index is 941. The average molecular weight is 427 g/mol. The highest BCUT2D eigenvalue weighted by molar-refractivity contribution is 7.99. The van der Waals surface area contributed by atoms with E-state index >= 15 is 0 Å². The number of aromatic nitrogens is 3. The molecule has 0 radical (unpaired) electrons. The Morgan fingerprint density at radius 1 is 1.27 bits per heavy atom. The van der Waals surface area contributed by atoms with Crippen LogP contribution in [0.15, 0.2) is 29.4 Å². The Morgan fingerprint density at radius 2 is 2.00 bits per heavy atom. The second kappa shape index (κ2) is 9.06. The van der Waals surface area contributed by atoms with Gasteiger partial charge in [0.1, 0.15) is 5.54 Å². The third kappa shape index (κ3) is 4.30. The fourth-order valence-electron chi connectivity index (χ4n) is 4.03. The van der Waals surface area contributed by atoms with Gasteiger partial charge in [0.15, 0.2) is 5.16 Å². The highest BCUT2D eigenvalue weighted by atomic mass is 32.2. The van der Waals surface area contributed by atoms with Crippen molar-refractivity contribution < 1.29 is 9.53 Å². The molecule has 0 atom stereocenters. The molecule has 1 aliphatic heterocycles. The zero-order valence-corrected chi connectivity index (χ0v) is 18.0. The van der Waals surface area contributed by atoms with Gasteiger partial charge >= 0.3 is 0 Å². The molecule has 4 rings (SSSR count). The molecule has 158 valence electrons. The van der Waals surface area contributed by atoms with Crippen LogP contribution in [-0.2, 0) is 9.53 Å². The van der Waals surface area contributed by atoms with Crippen LogP contribution in [0.2, 0.25) is 0 Å². The van der Waals surface area contributed by atoms with Crippen LogP contribution in [0.1, 0.15) is 31.2 Å². The van der Waals surface area contributed by atoms with E-state index in [9.17, 15) is 10.1 Å². The Labute approximate surface area is 180 Å². The van der Waals surface area contributed by atoms with Crippen LogP contribution in [0.4, 0.5) is 5.95 Å². The zero-order chi connectivity index (χ0) is 21.0. The lowest BCUT2D eigenvalue weighted by atomic mass is 10.0. The van der Waals surface area contributed by atoms with Crippen molar-refractivity contribution in [2.24, 2.45) is 0 Å². The number of hydrogen-bond acceptors (Lipinski definition) is 7. The van der Waals surface area contributed by atoms with E-state index in [1.54, 1.807) is 0 Å². The smallest absolute Gasteiger partial charge is 0.232 e. The standard InChI is InChI=1S/C21H26N6O2S/c1-16-6-2-3-7-17(16)27-19(26-10-12-29-13-11-26)24-25-20(27)30-14-18(28)23-21(15-22)8-4-5-9-21/h2-3,6-7H,4-5,8-14H2,1H3,(H,23,28). The third-order valence-corrected chi connectivity index (χ3v) is 6.58. The number of anilines is 1. The number of para-hydroxylation sites is 1. The van der Waals surface area contributed by atoms with E-state index in [-0.39, 0.29) is 11.7 Å². The van der Waals surface area contributed by atoms with Crippen LogP contribution < -0.4 is 10.2 Å². The van der Waals surface area contributed by atoms with Crippen molar-refractivity contribution in [3.05, 3.63) is 29.8 Å². The normalized spacial score (nSPS) is 18.2. The molecule has 1 aliphatic carbocycles. The summed E-state index contributed by atoms with van der Waals surface area (Å²) in [5.74, 6) is 0.812. The van der Waals surface area contributed by atoms with E-state index in [1.807, 2.05) is 22.8 Å². The number of aryl methyl sites for hydroxylation is 1. The maximum atomic E-state index is 12.6. The van der Waals surface area contributed by atoms with E-state index in [0.717, 1.165) is 56.0 Å². The van der Waals surface area contributed by atoms with Crippen molar-refractivity contribution in [2.75, 3.05) is 37.0 Å². The summed E-state index contributed by atoms with van der Waals surface area (Å²) in [5.41, 5.74) is 1.39. The van der Waals surface area contributed by atoms with E-state index in [1.165, 1.54) is 11.8 Å². The first kappa shape index (κ1) is 20.7. The van der Waals surface area contributed by atoms with Crippen molar-refractivity contribution >= 4 is 23.6 Å². The highest BCUT2D eigenvalue weighted by Gasteiger charge is 2.35. The van der Waals surface area contributed by atoms with Crippen LogP contribution in [0.3, 0.4) is 0 Å². The lowest BCUT2D eigenvalue weighted by Gasteiger charge is -2.28. The molecule has 0 bridgehead atoms. The summed E-state index contributed by atoms with van der Waals surface area (Å²) in [7, 11) is 0. The van der Waals surface area contributed by atoms with Crippen LogP contribution in [0.5, 0.6) is 0 Å². The summed E-state index contributed by atoms with van der Waals surface area (Å²) in [4.78, 5) is 14.8. The van der Waals surface area contributed by atoms with Gasteiger partial charge in [0.2, 0.25) is 11.9 Å². The number of carbonyl (C=O) groups is 1. The van der Waals surface area contributed by atoms with Gasteiger partial charge in [-0.05, 0) is 44.2 Å². The number of rotatable bonds is 6. The minimum Gasteiger partial charge on any atom is -0.378 e. The molecule has 8 nitrogen and oxygen atoms in total. The quantitative estimate of drug-likeness (QED) is 0.709. The molecule has 30 heavy (non-hydrogen) atoms. The van der Waals surface area contributed by atoms with Gasteiger partial charge < -0.3 is 15.0 Å². The minimum atomic E-state index is -0.708. The molecule has 1 N–H and O–H groups in total. The molecule has 2 aromatic rings. The van der Waals surface area contributed by atoms with Crippen LogP contribution in [-0.4, -0.2) is 58.3 Å². The van der Waals surface area contributed by atoms with Gasteiger partial charge in [-0.15, -0.1) is 10.2 Å². The number of nitrogens with zero attached hydrogens (tertiary/aromatic N) is 5. The van der Waals surface area contributed by atoms with Crippen molar-refractivity contribution in [1.29, 1.82) is 5.26 Å². The number of thioether (sulfide) groups is 1. The molecule has 1 amide bonds. The first-order chi connectivity index (χ1) is 14.6. The molecule has 1 saturated carbocycles. The van der Waals surface area contributed by atoms with Gasteiger partial charge in [-0.1, -0.05) is 30.0 Å². The number of ether oxygens (including phenoxy) is 1. The summed E-state index contributed by atoms with van der Waals surface area (Å²) < 4.78 is 7.50. The van der Waals surface area contributed by atoms with E-state index in [0.29, 0.717) is 18.4 Å². The van der Waals surface area contributed by atoms with E-state index in [4.69, 9.17) is 4.74 Å². The summed E-state index contributed by atoms with van der Waals surface area (Å²) in [6.45, 7) is 4.86. The minimum absolute atomic E-state index is 0.143. The molecule has 1 aromatic heterocycles. The van der Waals surface area contributed by atoms with Crippen LogP contribution >= 0.6 is 11.8 Å². The molecule has 9 heteroatoms. The largest absolute Gasteiger partial charge is 0.378 e. The van der Waals surface area contributed by atoms with Crippen LogP contribution in [0.25, 0.3) is 5.69 Å². The number of benzene rings is 1. The van der Waals surface area contributed by atoms with Crippen molar-refractivity contribution in [3.8, 4) is 11.8 Å². The molecule has 2 aliphatic rings. The summed E-state index contributed by atoms with van der Waals surface area (Å²) in [6, 6.07) is 10.4. The lowest BCUT2D eigenvalue weighted by Crippen LogP contribution is -2.45. The Kier molecular flexibility index (Phi) is 6.25. The average Bonchev–Trinajstić information content (AvgIpc) is 3.41. The zero-order valence-electron chi connectivity index (χ0n) is 17.1. The number of amides is 1.